The Balaban J connectivity index is 1.36. The van der Waals surface area contributed by atoms with Gasteiger partial charge in [-0.25, -0.2) is 15.4 Å². The van der Waals surface area contributed by atoms with Crippen molar-refractivity contribution in [1.29, 1.82) is 0 Å². The zero-order valence-corrected chi connectivity index (χ0v) is 37.0. The standard InChI is InChI=1S/C55H43N7O5/c1-64-39-13-5-9-34(27-39)50-43-17-18-44(58-43)51(35-10-6-14-40(28-35)65-2)46-21-22-48(60-46)53(37-12-8-16-42(30-37)67-4)54-38(32-57-62-55(63)33-23-25-56-26-24-33)31-49(61-54)52(47-20-19-45(50)59-47)36-11-7-15-41(29-36)66-3/h5-32,59-60H,1-4H3,(H,62,63)/b50-43?,50-45?,51-44?,51-46?,52-47?,52-49?,53-48?,54-53?,57-32-. The van der Waals surface area contributed by atoms with E-state index in [0.29, 0.717) is 45.5 Å². The lowest BCUT2D eigenvalue weighted by atomic mass is 9.99. The fourth-order valence-corrected chi connectivity index (χ4v) is 8.46. The molecule has 8 aromatic rings. The van der Waals surface area contributed by atoms with Crippen molar-refractivity contribution in [3.63, 3.8) is 0 Å². The summed E-state index contributed by atoms with van der Waals surface area (Å²) in [7, 11) is 6.62. The van der Waals surface area contributed by atoms with E-state index < -0.39 is 0 Å². The molecule has 8 bridgehead atoms. The predicted molar refractivity (Wildman–Crippen MR) is 266 cm³/mol. The molecular weight excluding hydrogens is 839 g/mol. The van der Waals surface area contributed by atoms with Gasteiger partial charge in [-0.3, -0.25) is 9.78 Å². The average molecular weight is 882 g/mol. The van der Waals surface area contributed by atoms with Gasteiger partial charge in [-0.2, -0.15) is 5.10 Å². The summed E-state index contributed by atoms with van der Waals surface area (Å²) < 4.78 is 23.0. The summed E-state index contributed by atoms with van der Waals surface area (Å²) in [6.07, 6.45) is 10.8. The molecule has 67 heavy (non-hydrogen) atoms. The van der Waals surface area contributed by atoms with Gasteiger partial charge in [0, 0.05) is 67.9 Å². The van der Waals surface area contributed by atoms with E-state index in [1.165, 1.54) is 0 Å². The molecule has 4 aromatic carbocycles. The van der Waals surface area contributed by atoms with Gasteiger partial charge in [0.15, 0.2) is 0 Å². The monoisotopic (exact) mass is 881 g/mol. The van der Waals surface area contributed by atoms with Gasteiger partial charge in [0.2, 0.25) is 0 Å². The summed E-state index contributed by atoms with van der Waals surface area (Å²) in [5, 5.41) is 4.51. The maximum atomic E-state index is 13.3. The molecule has 0 fully saturated rings. The van der Waals surface area contributed by atoms with Crippen LogP contribution in [0.4, 0.5) is 0 Å². The summed E-state index contributed by atoms with van der Waals surface area (Å²) in [6, 6.07) is 43.2. The smallest absolute Gasteiger partial charge is 0.271 e. The van der Waals surface area contributed by atoms with Gasteiger partial charge < -0.3 is 28.9 Å². The number of hydrogen-bond donors (Lipinski definition) is 3. The maximum Gasteiger partial charge on any atom is 0.271 e. The van der Waals surface area contributed by atoms with Crippen LogP contribution in [0.3, 0.4) is 0 Å². The van der Waals surface area contributed by atoms with Gasteiger partial charge in [0.05, 0.1) is 57.4 Å². The number of carbonyl (C=O) groups excluding carboxylic acids is 1. The van der Waals surface area contributed by atoms with Crippen LogP contribution in [-0.2, 0) is 0 Å². The van der Waals surface area contributed by atoms with Crippen LogP contribution in [0, 0.1) is 0 Å². The van der Waals surface area contributed by atoms with E-state index in [9.17, 15) is 4.79 Å². The second kappa shape index (κ2) is 18.2. The Bertz CT molecular complexity index is 3480. The second-order valence-electron chi connectivity index (χ2n) is 15.6. The molecule has 3 N–H and O–H groups in total. The van der Waals surface area contributed by atoms with Crippen LogP contribution in [0.1, 0.15) is 33.1 Å². The number of aromatic nitrogens is 5. The topological polar surface area (TPSA) is 149 Å². The fourth-order valence-electron chi connectivity index (χ4n) is 8.46. The summed E-state index contributed by atoms with van der Waals surface area (Å²) >= 11 is 0. The molecule has 0 saturated carbocycles. The number of nitrogens with zero attached hydrogens (tertiary/aromatic N) is 4. The number of pyridine rings is 1. The number of hydrogen-bond acceptors (Lipinski definition) is 9. The number of ether oxygens (including phenoxy) is 4. The molecule has 2 aliphatic heterocycles. The first-order chi connectivity index (χ1) is 32.9. The van der Waals surface area contributed by atoms with Crippen molar-refractivity contribution in [2.45, 2.75) is 0 Å². The van der Waals surface area contributed by atoms with Crippen LogP contribution in [0.15, 0.2) is 151 Å². The molecule has 0 saturated heterocycles. The van der Waals surface area contributed by atoms with Crippen molar-refractivity contribution in [3.8, 4) is 67.5 Å². The number of amides is 1. The highest BCUT2D eigenvalue weighted by Gasteiger charge is 2.23. The second-order valence-corrected chi connectivity index (χ2v) is 15.6. The Morgan fingerprint density at radius 1 is 0.522 bits per heavy atom. The fraction of sp³-hybridized carbons (Fsp3) is 0.0727. The minimum atomic E-state index is -0.383. The highest BCUT2D eigenvalue weighted by molar-refractivity contribution is 6.20. The van der Waals surface area contributed by atoms with E-state index in [-0.39, 0.29) is 5.91 Å². The maximum absolute atomic E-state index is 13.3. The molecule has 0 radical (unpaired) electrons. The number of hydrazone groups is 1. The lowest BCUT2D eigenvalue weighted by Gasteiger charge is -2.09. The van der Waals surface area contributed by atoms with Gasteiger partial charge in [0.1, 0.15) is 23.0 Å². The van der Waals surface area contributed by atoms with Crippen LogP contribution in [-0.4, -0.2) is 65.5 Å². The largest absolute Gasteiger partial charge is 0.497 e. The van der Waals surface area contributed by atoms with Crippen molar-refractivity contribution in [3.05, 3.63) is 174 Å². The highest BCUT2D eigenvalue weighted by atomic mass is 16.5. The van der Waals surface area contributed by atoms with Gasteiger partial charge in [-0.05, 0) is 125 Å². The number of rotatable bonds is 11. The first-order valence-electron chi connectivity index (χ1n) is 21.4. The molecule has 4 aromatic heterocycles. The molecule has 2 aliphatic rings. The Morgan fingerprint density at radius 2 is 0.940 bits per heavy atom. The van der Waals surface area contributed by atoms with E-state index >= 15 is 0 Å². The Morgan fingerprint density at radius 3 is 1.39 bits per heavy atom. The molecule has 0 unspecified atom stereocenters. The quantitative estimate of drug-likeness (QED) is 0.0859. The number of benzene rings is 4. The first-order valence-corrected chi connectivity index (χ1v) is 21.4. The number of methoxy groups -OCH3 is 4. The van der Waals surface area contributed by atoms with Crippen LogP contribution in [0.25, 0.3) is 90.4 Å². The SMILES string of the molecule is COc1cccc(-c2c3nc(c(-c4cccc(OC)c4)c4ccc([nH]4)c(-c4cccc(OC)c4)c4nc(c(-c5cccc(OC)c5)c5ccc2[nH]5)C=C4/C=N\NC(=O)c2ccncc2)C=C3)c1. The van der Waals surface area contributed by atoms with Crippen LogP contribution in [0.5, 0.6) is 23.0 Å². The summed E-state index contributed by atoms with van der Waals surface area (Å²) in [6.45, 7) is 0. The first kappa shape index (κ1) is 42.0. The molecule has 0 atom stereocenters. The predicted octanol–water partition coefficient (Wildman–Crippen LogP) is 11.5. The zero-order chi connectivity index (χ0) is 45.9. The van der Waals surface area contributed by atoms with Crippen LogP contribution < -0.4 is 24.4 Å². The number of carbonyl (C=O) groups is 1. The van der Waals surface area contributed by atoms with Crippen molar-refractivity contribution in [2.75, 3.05) is 28.4 Å². The summed E-state index contributed by atoms with van der Waals surface area (Å²) in [4.78, 5) is 35.9. The molecule has 12 nitrogen and oxygen atoms in total. The minimum Gasteiger partial charge on any atom is -0.497 e. The Hall–Kier alpha value is -9.03. The van der Waals surface area contributed by atoms with E-state index in [1.54, 1.807) is 59.2 Å². The third-order valence-corrected chi connectivity index (χ3v) is 11.6. The minimum absolute atomic E-state index is 0.383. The van der Waals surface area contributed by atoms with Crippen molar-refractivity contribution in [2.24, 2.45) is 5.10 Å². The van der Waals surface area contributed by atoms with Gasteiger partial charge in [-0.1, -0.05) is 48.5 Å². The molecule has 12 heteroatoms. The highest BCUT2D eigenvalue weighted by Crippen LogP contribution is 2.41. The van der Waals surface area contributed by atoms with Crippen LogP contribution in [0.2, 0.25) is 0 Å². The van der Waals surface area contributed by atoms with E-state index in [2.05, 4.69) is 61.9 Å². The summed E-state index contributed by atoms with van der Waals surface area (Å²) in [5.41, 5.74) is 16.4. The molecule has 10 rings (SSSR count). The number of nitrogens with one attached hydrogen (secondary N) is 3. The number of allylic oxidation sites excluding steroid dienone is 1. The zero-order valence-electron chi connectivity index (χ0n) is 37.0. The lowest BCUT2D eigenvalue weighted by molar-refractivity contribution is 0.0955. The number of fused-ring (bicyclic) bond motifs is 8. The molecule has 6 heterocycles. The van der Waals surface area contributed by atoms with E-state index in [4.69, 9.17) is 28.9 Å². The number of aromatic amines is 2. The normalized spacial score (nSPS) is 11.9. The van der Waals surface area contributed by atoms with Crippen molar-refractivity contribution >= 4 is 58.0 Å². The van der Waals surface area contributed by atoms with Crippen LogP contribution >= 0.6 is 0 Å². The lowest BCUT2D eigenvalue weighted by Crippen LogP contribution is -2.17. The van der Waals surface area contributed by atoms with E-state index in [0.717, 1.165) is 78.0 Å². The third-order valence-electron chi connectivity index (χ3n) is 11.6. The molecule has 0 aliphatic carbocycles. The summed E-state index contributed by atoms with van der Waals surface area (Å²) in [5.74, 6) is 2.38. The third kappa shape index (κ3) is 8.31. The molecule has 0 spiro atoms. The van der Waals surface area contributed by atoms with Crippen molar-refractivity contribution in [1.82, 2.24) is 30.3 Å². The average Bonchev–Trinajstić information content (AvgIpc) is 4.23. The molecule has 328 valence electrons. The number of H-pyrrole nitrogens is 2. The van der Waals surface area contributed by atoms with E-state index in [1.807, 2.05) is 103 Å². The Kier molecular flexibility index (Phi) is 11.4. The van der Waals surface area contributed by atoms with Crippen molar-refractivity contribution < 1.29 is 23.7 Å². The van der Waals surface area contributed by atoms with Gasteiger partial charge in [-0.15, -0.1) is 0 Å². The molecular formula is C55H43N7O5. The van der Waals surface area contributed by atoms with Gasteiger partial charge >= 0.3 is 0 Å². The van der Waals surface area contributed by atoms with Gasteiger partial charge in [0.25, 0.3) is 5.91 Å². The Labute approximate surface area is 386 Å². The molecule has 1 amide bonds.